The van der Waals surface area contributed by atoms with Crippen molar-refractivity contribution in [1.29, 1.82) is 0 Å². The van der Waals surface area contributed by atoms with Crippen molar-refractivity contribution in [2.24, 2.45) is 0 Å². The molecule has 0 aliphatic carbocycles. The molecule has 9 heteroatoms. The molecule has 6 nitrogen and oxygen atoms in total. The molecule has 0 saturated carbocycles. The third-order valence-electron chi connectivity index (χ3n) is 3.33. The molecule has 0 N–H and O–H groups in total. The van der Waals surface area contributed by atoms with Gasteiger partial charge in [0.25, 0.3) is 0 Å². The summed E-state index contributed by atoms with van der Waals surface area (Å²) in [5.74, 6) is 0. The third-order valence-corrected chi connectivity index (χ3v) is 7.34. The van der Waals surface area contributed by atoms with Crippen molar-refractivity contribution in [3.63, 3.8) is 0 Å². The van der Waals surface area contributed by atoms with Gasteiger partial charge in [0.1, 0.15) is 4.21 Å². The van der Waals surface area contributed by atoms with E-state index in [9.17, 15) is 18.5 Å². The Morgan fingerprint density at radius 2 is 2.19 bits per heavy atom. The molecule has 2 aromatic rings. The maximum absolute atomic E-state index is 11.6. The predicted octanol–water partition coefficient (Wildman–Crippen LogP) is 2.68. The lowest BCUT2D eigenvalue weighted by molar-refractivity contribution is -0.383. The molecular weight excluding hydrogens is 332 g/mol. The zero-order chi connectivity index (χ0) is 15.2. The Morgan fingerprint density at radius 3 is 2.86 bits per heavy atom. The van der Waals surface area contributed by atoms with E-state index in [4.69, 9.17) is 0 Å². The summed E-state index contributed by atoms with van der Waals surface area (Å²) >= 11 is 2.67. The van der Waals surface area contributed by atoms with E-state index in [1.165, 1.54) is 10.9 Å². The Labute approximate surface area is 129 Å². The minimum Gasteiger partial charge on any atom is -0.353 e. The van der Waals surface area contributed by atoms with E-state index in [1.54, 1.807) is 11.3 Å². The average Bonchev–Trinajstić information content (AvgIpc) is 3.03. The number of hydrogen-bond donors (Lipinski definition) is 0. The van der Waals surface area contributed by atoms with Crippen LogP contribution in [0.15, 0.2) is 21.7 Å². The molecule has 0 fully saturated rings. The first-order valence-electron chi connectivity index (χ1n) is 6.15. The lowest BCUT2D eigenvalue weighted by Crippen LogP contribution is -2.29. The number of fused-ring (bicyclic) bond motifs is 1. The third kappa shape index (κ3) is 2.68. The number of nitrogens with zero attached hydrogens (tertiary/aromatic N) is 2. The Kier molecular flexibility index (Phi) is 3.50. The summed E-state index contributed by atoms with van der Waals surface area (Å²) < 4.78 is 23.3. The van der Waals surface area contributed by atoms with Gasteiger partial charge in [-0.25, -0.2) is 8.42 Å². The van der Waals surface area contributed by atoms with Gasteiger partial charge in [-0.3, -0.25) is 10.1 Å². The van der Waals surface area contributed by atoms with Gasteiger partial charge in [-0.05, 0) is 23.4 Å². The Balaban J connectivity index is 2.02. The molecule has 2 aromatic heterocycles. The van der Waals surface area contributed by atoms with Crippen LogP contribution in [0.3, 0.4) is 0 Å². The number of nitro groups is 1. The van der Waals surface area contributed by atoms with Gasteiger partial charge in [0.2, 0.25) is 0 Å². The molecule has 0 aromatic carbocycles. The summed E-state index contributed by atoms with van der Waals surface area (Å²) in [5, 5.41) is 13.6. The number of sulfone groups is 1. The zero-order valence-electron chi connectivity index (χ0n) is 11.1. The number of thiophene rings is 2. The van der Waals surface area contributed by atoms with Crippen LogP contribution in [0, 0.1) is 10.1 Å². The molecule has 0 amide bonds. The summed E-state index contributed by atoms with van der Waals surface area (Å²) in [4.78, 5) is 13.9. The highest BCUT2D eigenvalue weighted by atomic mass is 32.2. The van der Waals surface area contributed by atoms with Gasteiger partial charge >= 0.3 is 5.69 Å². The van der Waals surface area contributed by atoms with Crippen molar-refractivity contribution in [2.45, 2.75) is 17.2 Å². The molecule has 3 rings (SSSR count). The van der Waals surface area contributed by atoms with Crippen LogP contribution in [-0.2, 0) is 22.8 Å². The van der Waals surface area contributed by atoms with Gasteiger partial charge in [0.05, 0.1) is 4.92 Å². The van der Waals surface area contributed by atoms with Crippen molar-refractivity contribution in [3.8, 4) is 0 Å². The highest BCUT2D eigenvalue weighted by Crippen LogP contribution is 2.41. The molecule has 0 saturated heterocycles. The quantitative estimate of drug-likeness (QED) is 0.632. The molecule has 3 heterocycles. The van der Waals surface area contributed by atoms with Gasteiger partial charge in [0, 0.05) is 30.3 Å². The Bertz CT molecular complexity index is 806. The lowest BCUT2D eigenvalue weighted by Gasteiger charge is -2.26. The molecule has 0 bridgehead atoms. The first-order chi connectivity index (χ1) is 9.86. The first kappa shape index (κ1) is 14.5. The van der Waals surface area contributed by atoms with E-state index < -0.39 is 14.8 Å². The van der Waals surface area contributed by atoms with Crippen molar-refractivity contribution in [2.75, 3.05) is 17.7 Å². The van der Waals surface area contributed by atoms with Gasteiger partial charge in [-0.1, -0.05) is 11.3 Å². The second kappa shape index (κ2) is 5.08. The largest absolute Gasteiger partial charge is 0.353 e. The molecule has 1 aliphatic heterocycles. The lowest BCUT2D eigenvalue weighted by atomic mass is 10.1. The van der Waals surface area contributed by atoms with Crippen LogP contribution >= 0.6 is 22.7 Å². The molecule has 112 valence electrons. The molecule has 0 unspecified atom stereocenters. The maximum atomic E-state index is 11.6. The van der Waals surface area contributed by atoms with Gasteiger partial charge in [0.15, 0.2) is 14.8 Å². The van der Waals surface area contributed by atoms with Gasteiger partial charge < -0.3 is 4.90 Å². The standard InChI is InChI=1S/C12H12N2O4S3/c1-21(17,18)11-6-9(14(15)16)12(20-11)13-4-2-10-8(7-13)3-5-19-10/h3,5-6H,2,4,7H2,1H3. The SMILES string of the molecule is CS(=O)(=O)c1cc([N+](=O)[O-])c(N2CCc3sccc3C2)s1. The molecule has 0 radical (unpaired) electrons. The minimum atomic E-state index is -3.44. The van der Waals surface area contributed by atoms with E-state index >= 15 is 0 Å². The fraction of sp³-hybridized carbons (Fsp3) is 0.333. The highest BCUT2D eigenvalue weighted by molar-refractivity contribution is 7.92. The predicted molar refractivity (Wildman–Crippen MR) is 83.2 cm³/mol. The highest BCUT2D eigenvalue weighted by Gasteiger charge is 2.29. The summed E-state index contributed by atoms with van der Waals surface area (Å²) in [6, 6.07) is 3.18. The molecular formula is C12H12N2O4S3. The zero-order valence-corrected chi connectivity index (χ0v) is 13.6. The smallest absolute Gasteiger partial charge is 0.305 e. The van der Waals surface area contributed by atoms with Crippen LogP contribution < -0.4 is 4.90 Å². The van der Waals surface area contributed by atoms with Crippen LogP contribution in [0.5, 0.6) is 0 Å². The summed E-state index contributed by atoms with van der Waals surface area (Å²) in [5.41, 5.74) is 1.04. The number of anilines is 1. The van der Waals surface area contributed by atoms with Crippen molar-refractivity contribution >= 4 is 43.2 Å². The van der Waals surface area contributed by atoms with Crippen LogP contribution in [0.4, 0.5) is 10.7 Å². The van der Waals surface area contributed by atoms with Crippen molar-refractivity contribution < 1.29 is 13.3 Å². The molecule has 21 heavy (non-hydrogen) atoms. The normalized spacial score (nSPS) is 15.0. The van der Waals surface area contributed by atoms with Gasteiger partial charge in [-0.2, -0.15) is 0 Å². The summed E-state index contributed by atoms with van der Waals surface area (Å²) in [6.07, 6.45) is 1.90. The van der Waals surface area contributed by atoms with Crippen LogP contribution in [0.1, 0.15) is 10.4 Å². The second-order valence-corrected chi connectivity index (χ2v) is 9.10. The topological polar surface area (TPSA) is 80.5 Å². The van der Waals surface area contributed by atoms with Crippen LogP contribution in [0.25, 0.3) is 0 Å². The fourth-order valence-electron chi connectivity index (χ4n) is 2.31. The molecule has 0 spiro atoms. The number of rotatable bonds is 3. The van der Waals surface area contributed by atoms with Crippen molar-refractivity contribution in [3.05, 3.63) is 38.1 Å². The Hall–Kier alpha value is -1.45. The van der Waals surface area contributed by atoms with E-state index in [2.05, 4.69) is 0 Å². The van der Waals surface area contributed by atoms with Crippen molar-refractivity contribution in [1.82, 2.24) is 0 Å². The first-order valence-corrected chi connectivity index (χ1v) is 9.73. The molecule has 1 aliphatic rings. The maximum Gasteiger partial charge on any atom is 0.305 e. The van der Waals surface area contributed by atoms with E-state index in [0.717, 1.165) is 29.6 Å². The van der Waals surface area contributed by atoms with E-state index in [-0.39, 0.29) is 9.90 Å². The van der Waals surface area contributed by atoms with Crippen LogP contribution in [-0.4, -0.2) is 26.1 Å². The Morgan fingerprint density at radius 1 is 1.43 bits per heavy atom. The summed E-state index contributed by atoms with van der Waals surface area (Å²) in [6.45, 7) is 1.25. The monoisotopic (exact) mass is 344 g/mol. The summed E-state index contributed by atoms with van der Waals surface area (Å²) in [7, 11) is -3.44. The molecule has 0 atom stereocenters. The fourth-order valence-corrected chi connectivity index (χ4v) is 5.25. The van der Waals surface area contributed by atoms with E-state index in [0.29, 0.717) is 18.1 Å². The van der Waals surface area contributed by atoms with Crippen LogP contribution in [0.2, 0.25) is 0 Å². The van der Waals surface area contributed by atoms with E-state index in [1.807, 2.05) is 16.3 Å². The van der Waals surface area contributed by atoms with Gasteiger partial charge in [-0.15, -0.1) is 11.3 Å². The number of hydrogen-bond acceptors (Lipinski definition) is 7. The minimum absolute atomic E-state index is 0.0420. The average molecular weight is 344 g/mol. The second-order valence-electron chi connectivity index (χ2n) is 4.83.